The summed E-state index contributed by atoms with van der Waals surface area (Å²) in [6.45, 7) is 2.89. The minimum Gasteiger partial charge on any atom is -0.324 e. The third kappa shape index (κ3) is 5.93. The fourth-order valence-corrected chi connectivity index (χ4v) is 1.90. The Hall–Kier alpha value is -1.27. The fourth-order valence-electron chi connectivity index (χ4n) is 1.74. The van der Waals surface area contributed by atoms with Crippen molar-refractivity contribution in [3.05, 3.63) is 28.8 Å². The van der Waals surface area contributed by atoms with Gasteiger partial charge in [0, 0.05) is 0 Å². The van der Waals surface area contributed by atoms with E-state index in [4.69, 9.17) is 11.6 Å². The second kappa shape index (κ2) is 7.66. The van der Waals surface area contributed by atoms with Crippen LogP contribution in [0.2, 0.25) is 5.02 Å². The molecular formula is C14H18ClF3N2O. The number of benzene rings is 1. The van der Waals surface area contributed by atoms with Crippen LogP contribution in [-0.2, 0) is 11.0 Å². The van der Waals surface area contributed by atoms with Gasteiger partial charge in [0.1, 0.15) is 0 Å². The molecule has 0 unspecified atom stereocenters. The highest BCUT2D eigenvalue weighted by atomic mass is 35.5. The molecule has 1 aromatic carbocycles. The highest BCUT2D eigenvalue weighted by Gasteiger charge is 2.31. The highest BCUT2D eigenvalue weighted by molar-refractivity contribution is 6.33. The van der Waals surface area contributed by atoms with Gasteiger partial charge in [0.25, 0.3) is 0 Å². The minimum absolute atomic E-state index is 0.0274. The number of likely N-dealkylation sites (N-methyl/N-ethyl adjacent to an activating group) is 1. The molecule has 0 atom stereocenters. The number of carbonyl (C=O) groups is 1. The van der Waals surface area contributed by atoms with Crippen molar-refractivity contribution in [2.24, 2.45) is 0 Å². The molecule has 0 saturated carbocycles. The molecule has 1 rings (SSSR count). The van der Waals surface area contributed by atoms with E-state index in [1.54, 1.807) is 11.9 Å². The Kier molecular flexibility index (Phi) is 6.48. The summed E-state index contributed by atoms with van der Waals surface area (Å²) in [6.07, 6.45) is -2.51. The molecule has 0 aliphatic rings. The predicted molar refractivity (Wildman–Crippen MR) is 77.5 cm³/mol. The Balaban J connectivity index is 2.71. The van der Waals surface area contributed by atoms with E-state index in [1.807, 2.05) is 6.92 Å². The van der Waals surface area contributed by atoms with E-state index >= 15 is 0 Å². The second-order valence-electron chi connectivity index (χ2n) is 4.83. The smallest absolute Gasteiger partial charge is 0.324 e. The monoisotopic (exact) mass is 322 g/mol. The lowest BCUT2D eigenvalue weighted by Gasteiger charge is -2.16. The largest absolute Gasteiger partial charge is 0.416 e. The van der Waals surface area contributed by atoms with Gasteiger partial charge in [0.15, 0.2) is 0 Å². The SMILES string of the molecule is CCCCN(C)CC(=O)Nc1cc(C(F)(F)F)ccc1Cl. The van der Waals surface area contributed by atoms with Gasteiger partial charge >= 0.3 is 6.18 Å². The zero-order valence-corrected chi connectivity index (χ0v) is 12.7. The van der Waals surface area contributed by atoms with Gasteiger partial charge in [-0.05, 0) is 38.2 Å². The third-order valence-electron chi connectivity index (χ3n) is 2.87. The fraction of sp³-hybridized carbons (Fsp3) is 0.500. The second-order valence-corrected chi connectivity index (χ2v) is 5.24. The molecule has 1 aromatic rings. The van der Waals surface area contributed by atoms with E-state index in [-0.39, 0.29) is 17.3 Å². The Morgan fingerprint density at radius 2 is 2.05 bits per heavy atom. The van der Waals surface area contributed by atoms with Crippen LogP contribution in [0.1, 0.15) is 25.3 Å². The van der Waals surface area contributed by atoms with Crippen molar-refractivity contribution in [3.8, 4) is 0 Å². The molecule has 3 nitrogen and oxygen atoms in total. The van der Waals surface area contributed by atoms with E-state index in [2.05, 4.69) is 5.32 Å². The van der Waals surface area contributed by atoms with Gasteiger partial charge in [0.2, 0.25) is 5.91 Å². The van der Waals surface area contributed by atoms with Gasteiger partial charge in [0.05, 0.1) is 22.8 Å². The number of alkyl halides is 3. The van der Waals surface area contributed by atoms with Gasteiger partial charge in [-0.2, -0.15) is 13.2 Å². The first kappa shape index (κ1) is 17.8. The molecule has 0 aromatic heterocycles. The zero-order chi connectivity index (χ0) is 16.0. The molecular weight excluding hydrogens is 305 g/mol. The summed E-state index contributed by atoms with van der Waals surface area (Å²) in [5.74, 6) is -0.394. The van der Waals surface area contributed by atoms with E-state index in [1.165, 1.54) is 0 Å². The number of nitrogens with zero attached hydrogens (tertiary/aromatic N) is 1. The van der Waals surface area contributed by atoms with Crippen LogP contribution >= 0.6 is 11.6 Å². The lowest BCUT2D eigenvalue weighted by atomic mass is 10.2. The van der Waals surface area contributed by atoms with Crippen LogP contribution in [0, 0.1) is 0 Å². The molecule has 0 aliphatic carbocycles. The molecule has 1 N–H and O–H groups in total. The summed E-state index contributed by atoms with van der Waals surface area (Å²) in [6, 6.07) is 2.85. The van der Waals surface area contributed by atoms with Gasteiger partial charge in [-0.15, -0.1) is 0 Å². The summed E-state index contributed by atoms with van der Waals surface area (Å²) < 4.78 is 37.9. The molecule has 0 bridgehead atoms. The molecule has 0 fully saturated rings. The number of hydrogen-bond donors (Lipinski definition) is 1. The Bertz CT molecular complexity index is 492. The molecule has 0 heterocycles. The summed E-state index contributed by atoms with van der Waals surface area (Å²) in [4.78, 5) is 13.6. The molecule has 1 amide bonds. The molecule has 0 aliphatic heterocycles. The van der Waals surface area contributed by atoms with E-state index < -0.39 is 17.6 Å². The normalized spacial score (nSPS) is 11.8. The maximum absolute atomic E-state index is 12.6. The Labute approximate surface area is 127 Å². The Morgan fingerprint density at radius 3 is 2.62 bits per heavy atom. The number of halogens is 4. The van der Waals surface area contributed by atoms with E-state index in [0.29, 0.717) is 0 Å². The predicted octanol–water partition coefficient (Wildman–Crippen LogP) is 4.03. The van der Waals surface area contributed by atoms with Crippen LogP contribution in [0.15, 0.2) is 18.2 Å². The van der Waals surface area contributed by atoms with Gasteiger partial charge < -0.3 is 5.32 Å². The Morgan fingerprint density at radius 1 is 1.38 bits per heavy atom. The van der Waals surface area contributed by atoms with Crippen LogP contribution in [0.5, 0.6) is 0 Å². The highest BCUT2D eigenvalue weighted by Crippen LogP contribution is 2.33. The van der Waals surface area contributed by atoms with Gasteiger partial charge in [-0.3, -0.25) is 9.69 Å². The molecule has 0 spiro atoms. The average Bonchev–Trinajstić information content (AvgIpc) is 2.37. The van der Waals surface area contributed by atoms with Gasteiger partial charge in [-0.1, -0.05) is 24.9 Å². The molecule has 0 saturated heterocycles. The lowest BCUT2D eigenvalue weighted by Crippen LogP contribution is -2.31. The summed E-state index contributed by atoms with van der Waals surface area (Å²) in [5.41, 5.74) is -0.873. The minimum atomic E-state index is -4.47. The van der Waals surface area contributed by atoms with Crippen molar-refractivity contribution in [2.75, 3.05) is 25.5 Å². The number of nitrogens with one attached hydrogen (secondary N) is 1. The van der Waals surface area contributed by atoms with E-state index in [0.717, 1.165) is 37.6 Å². The number of anilines is 1. The zero-order valence-electron chi connectivity index (χ0n) is 11.9. The quantitative estimate of drug-likeness (QED) is 0.857. The summed E-state index contributed by atoms with van der Waals surface area (Å²) >= 11 is 5.81. The summed E-state index contributed by atoms with van der Waals surface area (Å²) in [5, 5.41) is 2.49. The summed E-state index contributed by atoms with van der Waals surface area (Å²) in [7, 11) is 1.78. The van der Waals surface area contributed by atoms with Crippen LogP contribution in [0.25, 0.3) is 0 Å². The maximum atomic E-state index is 12.6. The number of rotatable bonds is 6. The first-order valence-corrected chi connectivity index (χ1v) is 6.97. The van der Waals surface area contributed by atoms with Crippen LogP contribution in [0.4, 0.5) is 18.9 Å². The van der Waals surface area contributed by atoms with E-state index in [9.17, 15) is 18.0 Å². The number of amides is 1. The van der Waals surface area contributed by atoms with Crippen molar-refractivity contribution in [1.29, 1.82) is 0 Å². The van der Waals surface area contributed by atoms with Gasteiger partial charge in [-0.25, -0.2) is 0 Å². The third-order valence-corrected chi connectivity index (χ3v) is 3.20. The van der Waals surface area contributed by atoms with Crippen molar-refractivity contribution >= 4 is 23.2 Å². The van der Waals surface area contributed by atoms with Crippen LogP contribution in [-0.4, -0.2) is 30.9 Å². The molecule has 21 heavy (non-hydrogen) atoms. The molecule has 118 valence electrons. The number of unbranched alkanes of at least 4 members (excludes halogenated alkanes) is 1. The van der Waals surface area contributed by atoms with Crippen LogP contribution in [0.3, 0.4) is 0 Å². The first-order chi connectivity index (χ1) is 9.74. The molecule has 7 heteroatoms. The van der Waals surface area contributed by atoms with Crippen LogP contribution < -0.4 is 5.32 Å². The number of hydrogen-bond acceptors (Lipinski definition) is 2. The topological polar surface area (TPSA) is 32.3 Å². The van der Waals surface area contributed by atoms with Crippen molar-refractivity contribution in [1.82, 2.24) is 4.90 Å². The number of carbonyl (C=O) groups excluding carboxylic acids is 1. The lowest BCUT2D eigenvalue weighted by molar-refractivity contribution is -0.137. The van der Waals surface area contributed by atoms with Crippen molar-refractivity contribution in [2.45, 2.75) is 25.9 Å². The standard InChI is InChI=1S/C14H18ClF3N2O/c1-3-4-7-20(2)9-13(21)19-12-8-10(14(16,17)18)5-6-11(12)15/h5-6,8H,3-4,7,9H2,1-2H3,(H,19,21). The maximum Gasteiger partial charge on any atom is 0.416 e. The molecule has 0 radical (unpaired) electrons. The average molecular weight is 323 g/mol. The first-order valence-electron chi connectivity index (χ1n) is 6.59. The van der Waals surface area contributed by atoms with Crippen molar-refractivity contribution < 1.29 is 18.0 Å². The van der Waals surface area contributed by atoms with Crippen molar-refractivity contribution in [3.63, 3.8) is 0 Å².